The van der Waals surface area contributed by atoms with Gasteiger partial charge in [-0.25, -0.2) is 4.79 Å². The van der Waals surface area contributed by atoms with E-state index >= 15 is 0 Å². The Bertz CT molecular complexity index is 389. The van der Waals surface area contributed by atoms with Gasteiger partial charge < -0.3 is 15.7 Å². The van der Waals surface area contributed by atoms with E-state index in [2.05, 4.69) is 17.6 Å². The fourth-order valence-corrected chi connectivity index (χ4v) is 3.16. The number of carboxylic acid groups (broad SMARTS) is 1. The van der Waals surface area contributed by atoms with E-state index in [1.807, 2.05) is 0 Å². The van der Waals surface area contributed by atoms with Gasteiger partial charge in [-0.1, -0.05) is 31.4 Å². The number of carbonyl (C=O) groups excluding carboxylic acids is 1. The maximum absolute atomic E-state index is 11.9. The number of urea groups is 1. The molecule has 0 bridgehead atoms. The molecule has 2 aliphatic carbocycles. The second kappa shape index (κ2) is 6.77. The summed E-state index contributed by atoms with van der Waals surface area (Å²) in [5.74, 6) is -0.738. The van der Waals surface area contributed by atoms with E-state index in [0.717, 1.165) is 0 Å². The summed E-state index contributed by atoms with van der Waals surface area (Å²) in [6.45, 7) is 2.06. The third-order valence-corrected chi connectivity index (χ3v) is 4.43. The lowest BCUT2D eigenvalue weighted by Crippen LogP contribution is -2.47. The largest absolute Gasteiger partial charge is 0.481 e. The maximum Gasteiger partial charge on any atom is 0.315 e. The van der Waals surface area contributed by atoms with Crippen molar-refractivity contribution in [3.05, 3.63) is 12.2 Å². The van der Waals surface area contributed by atoms with Gasteiger partial charge in [0, 0.05) is 6.04 Å². The third-order valence-electron chi connectivity index (χ3n) is 4.43. The Morgan fingerprint density at radius 2 is 1.90 bits per heavy atom. The van der Waals surface area contributed by atoms with Crippen LogP contribution in [0.2, 0.25) is 0 Å². The number of carbonyl (C=O) groups is 2. The molecule has 3 unspecified atom stereocenters. The standard InChI is InChI=1S/C15H24N2O3/c1-10(11-5-3-2-4-6-11)16-15(20)17-13-8-7-12(9-13)14(18)19/h7-8,10-13H,2-6,9H2,1H3,(H,18,19)(H2,16,17,20). The van der Waals surface area contributed by atoms with Crippen molar-refractivity contribution in [1.82, 2.24) is 10.6 Å². The molecule has 1 saturated carbocycles. The monoisotopic (exact) mass is 280 g/mol. The van der Waals surface area contributed by atoms with Crippen LogP contribution in [0.4, 0.5) is 4.79 Å². The second-order valence-electron chi connectivity index (χ2n) is 5.98. The molecule has 3 N–H and O–H groups in total. The number of hydrogen-bond donors (Lipinski definition) is 3. The molecular formula is C15H24N2O3. The number of rotatable bonds is 4. The van der Waals surface area contributed by atoms with Crippen LogP contribution in [0.15, 0.2) is 12.2 Å². The number of amides is 2. The molecule has 3 atom stereocenters. The summed E-state index contributed by atoms with van der Waals surface area (Å²) in [6, 6.07) is -0.186. The van der Waals surface area contributed by atoms with Crippen LogP contribution < -0.4 is 10.6 Å². The van der Waals surface area contributed by atoms with Crippen LogP contribution in [0.1, 0.15) is 45.4 Å². The summed E-state index contributed by atoms with van der Waals surface area (Å²) in [5.41, 5.74) is 0. The molecule has 0 radical (unpaired) electrons. The van der Waals surface area contributed by atoms with Gasteiger partial charge in [0.15, 0.2) is 0 Å². The van der Waals surface area contributed by atoms with Gasteiger partial charge in [-0.15, -0.1) is 0 Å². The fraction of sp³-hybridized carbons (Fsp3) is 0.733. The van der Waals surface area contributed by atoms with Gasteiger partial charge in [-0.3, -0.25) is 4.79 Å². The van der Waals surface area contributed by atoms with E-state index < -0.39 is 11.9 Å². The Hall–Kier alpha value is -1.52. The molecule has 2 amide bonds. The van der Waals surface area contributed by atoms with Crippen LogP contribution in [-0.2, 0) is 4.79 Å². The van der Waals surface area contributed by atoms with Crippen molar-refractivity contribution < 1.29 is 14.7 Å². The Labute approximate surface area is 119 Å². The third kappa shape index (κ3) is 3.99. The lowest BCUT2D eigenvalue weighted by molar-refractivity contribution is -0.140. The van der Waals surface area contributed by atoms with Crippen molar-refractivity contribution in [3.8, 4) is 0 Å². The van der Waals surface area contributed by atoms with Crippen molar-refractivity contribution in [2.24, 2.45) is 11.8 Å². The Kier molecular flexibility index (Phi) is 5.04. The molecule has 0 aliphatic heterocycles. The molecule has 0 aromatic heterocycles. The number of aliphatic carboxylic acids is 1. The second-order valence-corrected chi connectivity index (χ2v) is 5.98. The predicted molar refractivity (Wildman–Crippen MR) is 76.4 cm³/mol. The highest BCUT2D eigenvalue weighted by Crippen LogP contribution is 2.26. The Balaban J connectivity index is 1.73. The first kappa shape index (κ1) is 14.9. The van der Waals surface area contributed by atoms with E-state index in [0.29, 0.717) is 12.3 Å². The quantitative estimate of drug-likeness (QED) is 0.691. The summed E-state index contributed by atoms with van der Waals surface area (Å²) in [7, 11) is 0. The molecule has 5 heteroatoms. The smallest absolute Gasteiger partial charge is 0.315 e. The van der Waals surface area contributed by atoms with Gasteiger partial charge in [-0.2, -0.15) is 0 Å². The summed E-state index contributed by atoms with van der Waals surface area (Å²) in [4.78, 5) is 22.8. The average molecular weight is 280 g/mol. The van der Waals surface area contributed by atoms with Crippen molar-refractivity contribution in [3.63, 3.8) is 0 Å². The molecule has 0 aromatic carbocycles. The summed E-state index contributed by atoms with van der Waals surface area (Å²) in [6.07, 6.45) is 10.0. The van der Waals surface area contributed by atoms with Crippen LogP contribution >= 0.6 is 0 Å². The fourth-order valence-electron chi connectivity index (χ4n) is 3.16. The molecular weight excluding hydrogens is 256 g/mol. The molecule has 2 aliphatic rings. The SMILES string of the molecule is CC(NC(=O)NC1C=CC(C(=O)O)C1)C1CCCCC1. The predicted octanol–water partition coefficient (Wildman–Crippen LogP) is 2.28. The summed E-state index contributed by atoms with van der Waals surface area (Å²) in [5, 5.41) is 14.7. The lowest BCUT2D eigenvalue weighted by Gasteiger charge is -2.28. The van der Waals surface area contributed by atoms with Crippen LogP contribution in [0.5, 0.6) is 0 Å². The van der Waals surface area contributed by atoms with Crippen molar-refractivity contribution >= 4 is 12.0 Å². The first-order chi connectivity index (χ1) is 9.56. The van der Waals surface area contributed by atoms with Crippen molar-refractivity contribution in [2.45, 2.75) is 57.5 Å². The molecule has 112 valence electrons. The van der Waals surface area contributed by atoms with E-state index in [4.69, 9.17) is 5.11 Å². The van der Waals surface area contributed by atoms with Crippen molar-refractivity contribution in [2.75, 3.05) is 0 Å². The van der Waals surface area contributed by atoms with Gasteiger partial charge in [0.25, 0.3) is 0 Å². The zero-order valence-electron chi connectivity index (χ0n) is 12.0. The highest BCUT2D eigenvalue weighted by molar-refractivity contribution is 5.76. The number of hydrogen-bond acceptors (Lipinski definition) is 2. The zero-order chi connectivity index (χ0) is 14.5. The van der Waals surface area contributed by atoms with Gasteiger partial charge in [0.2, 0.25) is 0 Å². The molecule has 5 nitrogen and oxygen atoms in total. The first-order valence-electron chi connectivity index (χ1n) is 7.54. The molecule has 0 aromatic rings. The topological polar surface area (TPSA) is 78.4 Å². The minimum atomic E-state index is -0.832. The highest BCUT2D eigenvalue weighted by Gasteiger charge is 2.26. The van der Waals surface area contributed by atoms with Crippen LogP contribution in [0.3, 0.4) is 0 Å². The Morgan fingerprint density at radius 3 is 2.50 bits per heavy atom. The highest BCUT2D eigenvalue weighted by atomic mass is 16.4. The van der Waals surface area contributed by atoms with E-state index in [1.165, 1.54) is 32.1 Å². The minimum absolute atomic E-state index is 0.172. The normalized spacial score (nSPS) is 28.1. The minimum Gasteiger partial charge on any atom is -0.481 e. The maximum atomic E-state index is 11.9. The molecule has 0 spiro atoms. The van der Waals surface area contributed by atoms with E-state index in [9.17, 15) is 9.59 Å². The van der Waals surface area contributed by atoms with Crippen molar-refractivity contribution in [1.29, 1.82) is 0 Å². The van der Waals surface area contributed by atoms with Crippen LogP contribution in [0.25, 0.3) is 0 Å². The average Bonchev–Trinajstić information content (AvgIpc) is 2.88. The summed E-state index contributed by atoms with van der Waals surface area (Å²) >= 11 is 0. The van der Waals surface area contributed by atoms with E-state index in [-0.39, 0.29) is 18.1 Å². The van der Waals surface area contributed by atoms with Gasteiger partial charge in [0.1, 0.15) is 0 Å². The van der Waals surface area contributed by atoms with Crippen LogP contribution in [0, 0.1) is 11.8 Å². The van der Waals surface area contributed by atoms with Gasteiger partial charge in [0.05, 0.1) is 12.0 Å². The molecule has 0 heterocycles. The molecule has 2 rings (SSSR count). The van der Waals surface area contributed by atoms with Gasteiger partial charge in [-0.05, 0) is 32.1 Å². The van der Waals surface area contributed by atoms with Crippen LogP contribution in [-0.4, -0.2) is 29.2 Å². The zero-order valence-corrected chi connectivity index (χ0v) is 12.0. The summed E-state index contributed by atoms with van der Waals surface area (Å²) < 4.78 is 0. The molecule has 0 saturated heterocycles. The molecule has 20 heavy (non-hydrogen) atoms. The molecule has 1 fully saturated rings. The van der Waals surface area contributed by atoms with Gasteiger partial charge >= 0.3 is 12.0 Å². The Morgan fingerprint density at radius 1 is 1.20 bits per heavy atom. The number of carboxylic acids is 1. The van der Waals surface area contributed by atoms with E-state index in [1.54, 1.807) is 12.2 Å². The number of nitrogens with one attached hydrogen (secondary N) is 2. The lowest BCUT2D eigenvalue weighted by atomic mass is 9.85. The first-order valence-corrected chi connectivity index (χ1v) is 7.54.